The van der Waals surface area contributed by atoms with Gasteiger partial charge in [-0.15, -0.1) is 0 Å². The van der Waals surface area contributed by atoms with Gasteiger partial charge in [0, 0.05) is 26.0 Å². The van der Waals surface area contributed by atoms with Crippen LogP contribution in [0.4, 0.5) is 5.69 Å². The minimum Gasteiger partial charge on any atom is -0.377 e. The van der Waals surface area contributed by atoms with Crippen molar-refractivity contribution in [3.63, 3.8) is 0 Å². The molecule has 1 aromatic heterocycles. The van der Waals surface area contributed by atoms with E-state index >= 15 is 0 Å². The molecule has 0 saturated heterocycles. The van der Waals surface area contributed by atoms with Gasteiger partial charge in [-0.3, -0.25) is 4.98 Å². The first-order valence-electron chi connectivity index (χ1n) is 6.76. The molecule has 0 amide bonds. The van der Waals surface area contributed by atoms with Gasteiger partial charge in [0.05, 0.1) is 16.9 Å². The van der Waals surface area contributed by atoms with E-state index in [1.165, 1.54) is 22.2 Å². The van der Waals surface area contributed by atoms with Crippen molar-refractivity contribution in [1.29, 1.82) is 0 Å². The topological polar surface area (TPSA) is 42.1 Å². The van der Waals surface area contributed by atoms with E-state index in [2.05, 4.69) is 58.0 Å². The maximum absolute atomic E-state index is 5.86. The van der Waals surface area contributed by atoms with E-state index in [4.69, 9.17) is 10.7 Å². The van der Waals surface area contributed by atoms with Crippen LogP contribution in [0.1, 0.15) is 36.6 Å². The summed E-state index contributed by atoms with van der Waals surface area (Å²) >= 11 is 0. The molecule has 3 nitrogen and oxygen atoms in total. The summed E-state index contributed by atoms with van der Waals surface area (Å²) in [6.07, 6.45) is 0. The first kappa shape index (κ1) is 13.8. The van der Waals surface area contributed by atoms with Crippen LogP contribution in [-0.2, 0) is 6.54 Å². The summed E-state index contributed by atoms with van der Waals surface area (Å²) < 4.78 is 0. The fourth-order valence-electron chi connectivity index (χ4n) is 2.68. The molecule has 0 spiro atoms. The van der Waals surface area contributed by atoms with Crippen molar-refractivity contribution in [3.05, 3.63) is 35.0 Å². The van der Waals surface area contributed by atoms with Crippen LogP contribution in [0.5, 0.6) is 0 Å². The normalized spacial score (nSPS) is 11.3. The Hall–Kier alpha value is -1.61. The van der Waals surface area contributed by atoms with Crippen LogP contribution in [0, 0.1) is 6.92 Å². The summed E-state index contributed by atoms with van der Waals surface area (Å²) in [4.78, 5) is 6.96. The third-order valence-electron chi connectivity index (χ3n) is 3.62. The predicted molar refractivity (Wildman–Crippen MR) is 82.8 cm³/mol. The molecule has 0 saturated carbocycles. The number of fused-ring (bicyclic) bond motifs is 1. The number of nitrogens with two attached hydrogens (primary N) is 1. The maximum Gasteiger partial charge on any atom is 0.0761 e. The number of anilines is 1. The van der Waals surface area contributed by atoms with Crippen LogP contribution in [0.3, 0.4) is 0 Å². The molecule has 1 heterocycles. The first-order chi connectivity index (χ1) is 8.97. The second-order valence-corrected chi connectivity index (χ2v) is 5.53. The van der Waals surface area contributed by atoms with E-state index in [-0.39, 0.29) is 0 Å². The number of benzene rings is 1. The highest BCUT2D eigenvalue weighted by Crippen LogP contribution is 2.33. The van der Waals surface area contributed by atoms with E-state index in [1.54, 1.807) is 0 Å². The van der Waals surface area contributed by atoms with Gasteiger partial charge in [0.25, 0.3) is 0 Å². The molecule has 3 heteroatoms. The molecule has 0 bridgehead atoms. The summed E-state index contributed by atoms with van der Waals surface area (Å²) in [6.45, 7) is 6.99. The lowest BCUT2D eigenvalue weighted by atomic mass is 9.97. The Kier molecular flexibility index (Phi) is 3.76. The average molecular weight is 257 g/mol. The zero-order valence-corrected chi connectivity index (χ0v) is 12.5. The summed E-state index contributed by atoms with van der Waals surface area (Å²) in [5.41, 5.74) is 11.6. The second kappa shape index (κ2) is 5.17. The van der Waals surface area contributed by atoms with Crippen LogP contribution in [0.15, 0.2) is 18.2 Å². The van der Waals surface area contributed by atoms with Crippen molar-refractivity contribution in [2.24, 2.45) is 5.73 Å². The van der Waals surface area contributed by atoms with Gasteiger partial charge in [-0.1, -0.05) is 32.0 Å². The molecular weight excluding hydrogens is 234 g/mol. The van der Waals surface area contributed by atoms with E-state index in [9.17, 15) is 0 Å². The zero-order chi connectivity index (χ0) is 14.2. The van der Waals surface area contributed by atoms with Crippen molar-refractivity contribution in [2.75, 3.05) is 19.0 Å². The summed E-state index contributed by atoms with van der Waals surface area (Å²) in [5, 5.41) is 1.21. The summed E-state index contributed by atoms with van der Waals surface area (Å²) in [6, 6.07) is 6.43. The third-order valence-corrected chi connectivity index (χ3v) is 3.62. The maximum atomic E-state index is 5.86. The van der Waals surface area contributed by atoms with Gasteiger partial charge in [0.2, 0.25) is 0 Å². The van der Waals surface area contributed by atoms with Crippen LogP contribution in [0.2, 0.25) is 0 Å². The molecule has 0 unspecified atom stereocenters. The van der Waals surface area contributed by atoms with Gasteiger partial charge in [-0.25, -0.2) is 0 Å². The van der Waals surface area contributed by atoms with Crippen molar-refractivity contribution >= 4 is 16.6 Å². The van der Waals surface area contributed by atoms with Gasteiger partial charge in [0.1, 0.15) is 0 Å². The lowest BCUT2D eigenvalue weighted by molar-refractivity contribution is 0.868. The van der Waals surface area contributed by atoms with Gasteiger partial charge in [0.15, 0.2) is 0 Å². The number of pyridine rings is 1. The molecule has 102 valence electrons. The smallest absolute Gasteiger partial charge is 0.0761 e. The highest BCUT2D eigenvalue weighted by Gasteiger charge is 2.15. The Morgan fingerprint density at radius 1 is 1.26 bits per heavy atom. The molecule has 0 fully saturated rings. The number of nitrogens with zero attached hydrogens (tertiary/aromatic N) is 2. The highest BCUT2D eigenvalue weighted by molar-refractivity contribution is 5.95. The molecule has 2 aromatic rings. The monoisotopic (exact) mass is 257 g/mol. The van der Waals surface area contributed by atoms with Gasteiger partial charge >= 0.3 is 0 Å². The Bertz CT molecular complexity index is 600. The standard InChI is InChI=1S/C16H23N3/c1-10(2)12-7-6-8-13-15(12)18-14(9-17)11(3)16(13)19(4)5/h6-8,10H,9,17H2,1-5H3. The van der Waals surface area contributed by atoms with Crippen LogP contribution < -0.4 is 10.6 Å². The SMILES string of the molecule is Cc1c(CN)nc2c(C(C)C)cccc2c1N(C)C. The lowest BCUT2D eigenvalue weighted by Gasteiger charge is -2.22. The molecule has 19 heavy (non-hydrogen) atoms. The van der Waals surface area contributed by atoms with Crippen molar-refractivity contribution in [2.45, 2.75) is 33.2 Å². The zero-order valence-electron chi connectivity index (χ0n) is 12.5. The summed E-state index contributed by atoms with van der Waals surface area (Å²) in [5.74, 6) is 0.458. The van der Waals surface area contributed by atoms with Gasteiger partial charge < -0.3 is 10.6 Å². The largest absolute Gasteiger partial charge is 0.377 e. The molecule has 0 atom stereocenters. The molecule has 0 aliphatic carbocycles. The van der Waals surface area contributed by atoms with Crippen LogP contribution in [0.25, 0.3) is 10.9 Å². The van der Waals surface area contributed by atoms with Crippen molar-refractivity contribution in [3.8, 4) is 0 Å². The van der Waals surface area contributed by atoms with Crippen LogP contribution in [-0.4, -0.2) is 19.1 Å². The second-order valence-electron chi connectivity index (χ2n) is 5.53. The molecule has 0 radical (unpaired) electrons. The van der Waals surface area contributed by atoms with E-state index in [1.807, 2.05) is 0 Å². The molecule has 2 N–H and O–H groups in total. The average Bonchev–Trinajstić information content (AvgIpc) is 2.36. The predicted octanol–water partition coefficient (Wildman–Crippen LogP) is 3.19. The highest BCUT2D eigenvalue weighted by atomic mass is 15.1. The third kappa shape index (κ3) is 2.30. The van der Waals surface area contributed by atoms with E-state index in [0.29, 0.717) is 12.5 Å². The Balaban J connectivity index is 2.91. The molecular formula is C16H23N3. The van der Waals surface area contributed by atoms with E-state index in [0.717, 1.165) is 11.2 Å². The number of aromatic nitrogens is 1. The number of rotatable bonds is 3. The Morgan fingerprint density at radius 3 is 2.47 bits per heavy atom. The quantitative estimate of drug-likeness (QED) is 0.918. The Labute approximate surface area is 115 Å². The van der Waals surface area contributed by atoms with Crippen molar-refractivity contribution < 1.29 is 0 Å². The molecule has 0 aliphatic heterocycles. The van der Waals surface area contributed by atoms with Crippen LogP contribution >= 0.6 is 0 Å². The molecule has 0 aliphatic rings. The molecule has 1 aromatic carbocycles. The Morgan fingerprint density at radius 2 is 1.95 bits per heavy atom. The van der Waals surface area contributed by atoms with Gasteiger partial charge in [-0.2, -0.15) is 0 Å². The fourth-order valence-corrected chi connectivity index (χ4v) is 2.68. The summed E-state index contributed by atoms with van der Waals surface area (Å²) in [7, 11) is 4.15. The minimum atomic E-state index is 0.458. The fraction of sp³-hybridized carbons (Fsp3) is 0.438. The first-order valence-corrected chi connectivity index (χ1v) is 6.76. The number of hydrogen-bond acceptors (Lipinski definition) is 3. The number of para-hydroxylation sites is 1. The molecule has 2 rings (SSSR count). The van der Waals surface area contributed by atoms with Crippen molar-refractivity contribution in [1.82, 2.24) is 4.98 Å². The minimum absolute atomic E-state index is 0.458. The number of hydrogen-bond donors (Lipinski definition) is 1. The van der Waals surface area contributed by atoms with Gasteiger partial charge in [-0.05, 0) is 24.0 Å². The van der Waals surface area contributed by atoms with E-state index < -0.39 is 0 Å². The lowest BCUT2D eigenvalue weighted by Crippen LogP contribution is -2.15.